The lowest BCUT2D eigenvalue weighted by atomic mass is 9.76. The van der Waals surface area contributed by atoms with Crippen molar-refractivity contribution in [2.45, 2.75) is 38.1 Å². The largest absolute Gasteiger partial charge is 0.317 e. The Balaban J connectivity index is 2.15. The van der Waals surface area contributed by atoms with E-state index in [2.05, 4.69) is 6.92 Å². The van der Waals surface area contributed by atoms with E-state index in [1.165, 1.54) is 6.42 Å². The van der Waals surface area contributed by atoms with Crippen molar-refractivity contribution in [3.05, 3.63) is 30.3 Å². The van der Waals surface area contributed by atoms with Crippen LogP contribution in [0.3, 0.4) is 0 Å². The Bertz CT molecular complexity index is 418. The molecule has 1 amide bonds. The predicted molar refractivity (Wildman–Crippen MR) is 74.4 cm³/mol. The average molecular weight is 246 g/mol. The van der Waals surface area contributed by atoms with Crippen LogP contribution in [0.4, 0.5) is 5.69 Å². The maximum Gasteiger partial charge on any atom is 0.246 e. The lowest BCUT2D eigenvalue weighted by Crippen LogP contribution is -2.56. The SMILES string of the molecule is CC1CCCC(N)(C(=O)N(C)c2ccccc2)C1. The fraction of sp³-hybridized carbons (Fsp3) is 0.533. The molecule has 0 radical (unpaired) electrons. The summed E-state index contributed by atoms with van der Waals surface area (Å²) < 4.78 is 0. The van der Waals surface area contributed by atoms with Crippen molar-refractivity contribution < 1.29 is 4.79 Å². The van der Waals surface area contributed by atoms with Crippen molar-refractivity contribution in [2.75, 3.05) is 11.9 Å². The molecule has 2 atom stereocenters. The number of carbonyl (C=O) groups is 1. The Morgan fingerprint density at radius 1 is 1.39 bits per heavy atom. The van der Waals surface area contributed by atoms with Gasteiger partial charge in [0.05, 0.1) is 5.54 Å². The molecule has 0 heterocycles. The molecule has 1 aromatic carbocycles. The average Bonchev–Trinajstić information content (AvgIpc) is 2.38. The van der Waals surface area contributed by atoms with Gasteiger partial charge in [-0.1, -0.05) is 38.0 Å². The highest BCUT2D eigenvalue weighted by atomic mass is 16.2. The van der Waals surface area contributed by atoms with Gasteiger partial charge in [0, 0.05) is 12.7 Å². The summed E-state index contributed by atoms with van der Waals surface area (Å²) in [5, 5.41) is 0. The van der Waals surface area contributed by atoms with Gasteiger partial charge in [0.1, 0.15) is 0 Å². The Kier molecular flexibility index (Phi) is 3.71. The Labute approximate surface area is 109 Å². The quantitative estimate of drug-likeness (QED) is 0.871. The number of likely N-dealkylation sites (N-methyl/N-ethyl adjacent to an activating group) is 1. The van der Waals surface area contributed by atoms with Gasteiger partial charge in [-0.3, -0.25) is 4.79 Å². The van der Waals surface area contributed by atoms with Crippen molar-refractivity contribution >= 4 is 11.6 Å². The number of nitrogens with zero attached hydrogens (tertiary/aromatic N) is 1. The van der Waals surface area contributed by atoms with Crippen LogP contribution in [0.2, 0.25) is 0 Å². The van der Waals surface area contributed by atoms with Crippen LogP contribution in [0.15, 0.2) is 30.3 Å². The highest BCUT2D eigenvalue weighted by molar-refractivity contribution is 5.99. The van der Waals surface area contributed by atoms with Crippen LogP contribution in [-0.2, 0) is 4.79 Å². The zero-order chi connectivity index (χ0) is 13.2. The minimum Gasteiger partial charge on any atom is -0.317 e. The lowest BCUT2D eigenvalue weighted by molar-refractivity contribution is -0.125. The molecule has 1 aliphatic carbocycles. The molecule has 2 rings (SSSR count). The zero-order valence-electron chi connectivity index (χ0n) is 11.2. The number of hydrogen-bond donors (Lipinski definition) is 1. The second-order valence-electron chi connectivity index (χ2n) is 5.56. The van der Waals surface area contributed by atoms with Crippen LogP contribution in [0.5, 0.6) is 0 Å². The molecule has 3 heteroatoms. The van der Waals surface area contributed by atoms with Crippen molar-refractivity contribution in [2.24, 2.45) is 11.7 Å². The number of anilines is 1. The fourth-order valence-corrected chi connectivity index (χ4v) is 2.89. The van der Waals surface area contributed by atoms with E-state index < -0.39 is 5.54 Å². The first-order chi connectivity index (χ1) is 8.53. The molecular weight excluding hydrogens is 224 g/mol. The topological polar surface area (TPSA) is 46.3 Å². The van der Waals surface area contributed by atoms with E-state index in [0.717, 1.165) is 24.9 Å². The van der Waals surface area contributed by atoms with E-state index in [0.29, 0.717) is 5.92 Å². The van der Waals surface area contributed by atoms with Crippen molar-refractivity contribution in [3.63, 3.8) is 0 Å². The number of para-hydroxylation sites is 1. The van der Waals surface area contributed by atoms with E-state index in [9.17, 15) is 4.79 Å². The van der Waals surface area contributed by atoms with E-state index >= 15 is 0 Å². The molecule has 98 valence electrons. The standard InChI is InChI=1S/C15H22N2O/c1-12-7-6-10-15(16,11-12)14(18)17(2)13-8-4-3-5-9-13/h3-5,8-9,12H,6-7,10-11,16H2,1-2H3. The summed E-state index contributed by atoms with van der Waals surface area (Å²) in [6.45, 7) is 2.18. The Hall–Kier alpha value is -1.35. The zero-order valence-corrected chi connectivity index (χ0v) is 11.2. The lowest BCUT2D eigenvalue weighted by Gasteiger charge is -2.38. The van der Waals surface area contributed by atoms with Gasteiger partial charge in [-0.15, -0.1) is 0 Å². The maximum atomic E-state index is 12.6. The van der Waals surface area contributed by atoms with E-state index in [1.807, 2.05) is 37.4 Å². The summed E-state index contributed by atoms with van der Waals surface area (Å²) in [7, 11) is 1.81. The third-order valence-corrected chi connectivity index (χ3v) is 3.91. The van der Waals surface area contributed by atoms with Crippen LogP contribution >= 0.6 is 0 Å². The first-order valence-corrected chi connectivity index (χ1v) is 6.65. The fourth-order valence-electron chi connectivity index (χ4n) is 2.89. The summed E-state index contributed by atoms with van der Waals surface area (Å²) in [5.74, 6) is 0.581. The summed E-state index contributed by atoms with van der Waals surface area (Å²) in [5.41, 5.74) is 6.57. The molecular formula is C15H22N2O. The second-order valence-corrected chi connectivity index (χ2v) is 5.56. The van der Waals surface area contributed by atoms with E-state index in [-0.39, 0.29) is 5.91 Å². The van der Waals surface area contributed by atoms with Gasteiger partial charge in [-0.25, -0.2) is 0 Å². The maximum absolute atomic E-state index is 12.6. The molecule has 1 fully saturated rings. The Morgan fingerprint density at radius 2 is 2.06 bits per heavy atom. The summed E-state index contributed by atoms with van der Waals surface area (Å²) in [4.78, 5) is 14.3. The van der Waals surface area contributed by atoms with Crippen molar-refractivity contribution in [1.82, 2.24) is 0 Å². The number of amides is 1. The van der Waals surface area contributed by atoms with Crippen molar-refractivity contribution in [3.8, 4) is 0 Å². The normalized spacial score (nSPS) is 27.8. The number of hydrogen-bond acceptors (Lipinski definition) is 2. The summed E-state index contributed by atoms with van der Waals surface area (Å²) in [6, 6.07) is 9.70. The molecule has 18 heavy (non-hydrogen) atoms. The molecule has 1 aromatic rings. The van der Waals surface area contributed by atoms with Crippen LogP contribution < -0.4 is 10.6 Å². The van der Waals surface area contributed by atoms with Gasteiger partial charge < -0.3 is 10.6 Å². The van der Waals surface area contributed by atoms with Gasteiger partial charge in [0.2, 0.25) is 5.91 Å². The predicted octanol–water partition coefficient (Wildman–Crippen LogP) is 2.56. The molecule has 1 aliphatic rings. The smallest absolute Gasteiger partial charge is 0.246 e. The Morgan fingerprint density at radius 3 is 2.67 bits per heavy atom. The third-order valence-electron chi connectivity index (χ3n) is 3.91. The number of nitrogens with two attached hydrogens (primary N) is 1. The van der Waals surface area contributed by atoms with Crippen LogP contribution in [0, 0.1) is 5.92 Å². The van der Waals surface area contributed by atoms with Gasteiger partial charge in [-0.05, 0) is 30.9 Å². The molecule has 0 aromatic heterocycles. The van der Waals surface area contributed by atoms with Gasteiger partial charge >= 0.3 is 0 Å². The molecule has 0 bridgehead atoms. The highest BCUT2D eigenvalue weighted by Gasteiger charge is 2.39. The number of benzene rings is 1. The van der Waals surface area contributed by atoms with Crippen LogP contribution in [0.1, 0.15) is 32.6 Å². The monoisotopic (exact) mass is 246 g/mol. The minimum atomic E-state index is -0.678. The van der Waals surface area contributed by atoms with Gasteiger partial charge in [0.25, 0.3) is 0 Å². The highest BCUT2D eigenvalue weighted by Crippen LogP contribution is 2.32. The first kappa shape index (κ1) is 13.1. The first-order valence-electron chi connectivity index (χ1n) is 6.65. The third kappa shape index (κ3) is 2.56. The van der Waals surface area contributed by atoms with Crippen molar-refractivity contribution in [1.29, 1.82) is 0 Å². The molecule has 0 spiro atoms. The molecule has 0 saturated heterocycles. The van der Waals surface area contributed by atoms with E-state index in [4.69, 9.17) is 5.73 Å². The number of carbonyl (C=O) groups excluding carboxylic acids is 1. The van der Waals surface area contributed by atoms with E-state index in [1.54, 1.807) is 4.90 Å². The molecule has 1 saturated carbocycles. The minimum absolute atomic E-state index is 0.0419. The van der Waals surface area contributed by atoms with Gasteiger partial charge in [0.15, 0.2) is 0 Å². The van der Waals surface area contributed by atoms with Crippen LogP contribution in [0.25, 0.3) is 0 Å². The van der Waals surface area contributed by atoms with Crippen LogP contribution in [-0.4, -0.2) is 18.5 Å². The van der Waals surface area contributed by atoms with Gasteiger partial charge in [-0.2, -0.15) is 0 Å². The second kappa shape index (κ2) is 5.11. The molecule has 3 nitrogen and oxygen atoms in total. The summed E-state index contributed by atoms with van der Waals surface area (Å²) >= 11 is 0. The number of rotatable bonds is 2. The molecule has 0 aliphatic heterocycles. The molecule has 2 N–H and O–H groups in total. The molecule has 2 unspecified atom stereocenters. The summed E-state index contributed by atoms with van der Waals surface area (Å²) in [6.07, 6.45) is 3.82.